The van der Waals surface area contributed by atoms with Crippen molar-refractivity contribution in [2.24, 2.45) is 11.8 Å². The number of hydrogen-bond donors (Lipinski definition) is 0. The van der Waals surface area contributed by atoms with Gasteiger partial charge in [0, 0.05) is 12.5 Å². The Labute approximate surface area is 82.3 Å². The highest BCUT2D eigenvalue weighted by atomic mass is 16.1. The van der Waals surface area contributed by atoms with Crippen LogP contribution in [0.5, 0.6) is 0 Å². The number of carbonyl (C=O) groups excluding carboxylic acids is 1. The SMILES string of the molecule is CCN(CC)CC(C(C)=O)C(C)C. The number of nitrogens with zero attached hydrogens (tertiary/aromatic N) is 1. The van der Waals surface area contributed by atoms with Crippen LogP contribution in [0.3, 0.4) is 0 Å². The standard InChI is InChI=1S/C11H23NO/c1-6-12(7-2)8-11(9(3)4)10(5)13/h9,11H,6-8H2,1-5H3. The molecule has 2 heteroatoms. The molecule has 0 spiro atoms. The second-order valence-corrected chi connectivity index (χ2v) is 3.95. The summed E-state index contributed by atoms with van der Waals surface area (Å²) in [5.74, 6) is 0.986. The molecule has 0 aromatic carbocycles. The van der Waals surface area contributed by atoms with Crippen molar-refractivity contribution in [2.45, 2.75) is 34.6 Å². The van der Waals surface area contributed by atoms with Gasteiger partial charge in [-0.25, -0.2) is 0 Å². The Morgan fingerprint density at radius 2 is 1.69 bits per heavy atom. The molecular weight excluding hydrogens is 162 g/mol. The number of Topliss-reactive ketones (excluding diaryl/α,β-unsaturated/α-hetero) is 1. The van der Waals surface area contributed by atoms with E-state index in [0.717, 1.165) is 19.6 Å². The number of ketones is 1. The molecule has 1 atom stereocenters. The van der Waals surface area contributed by atoms with Crippen LogP contribution in [0.15, 0.2) is 0 Å². The fraction of sp³-hybridized carbons (Fsp3) is 0.909. The highest BCUT2D eigenvalue weighted by Gasteiger charge is 2.20. The molecule has 0 N–H and O–H groups in total. The summed E-state index contributed by atoms with van der Waals surface area (Å²) in [4.78, 5) is 13.6. The van der Waals surface area contributed by atoms with Gasteiger partial charge in [0.15, 0.2) is 0 Å². The predicted octanol–water partition coefficient (Wildman–Crippen LogP) is 2.19. The van der Waals surface area contributed by atoms with E-state index in [0.29, 0.717) is 11.7 Å². The Bertz CT molecular complexity index is 150. The lowest BCUT2D eigenvalue weighted by Crippen LogP contribution is -2.34. The van der Waals surface area contributed by atoms with E-state index in [1.807, 2.05) is 0 Å². The van der Waals surface area contributed by atoms with Crippen LogP contribution in [0.2, 0.25) is 0 Å². The van der Waals surface area contributed by atoms with E-state index < -0.39 is 0 Å². The van der Waals surface area contributed by atoms with Gasteiger partial charge >= 0.3 is 0 Å². The third-order valence-corrected chi connectivity index (χ3v) is 2.68. The number of carbonyl (C=O) groups is 1. The van der Waals surface area contributed by atoms with E-state index in [9.17, 15) is 4.79 Å². The van der Waals surface area contributed by atoms with Gasteiger partial charge in [-0.05, 0) is 25.9 Å². The minimum absolute atomic E-state index is 0.208. The molecule has 0 fully saturated rings. The van der Waals surface area contributed by atoms with E-state index in [4.69, 9.17) is 0 Å². The summed E-state index contributed by atoms with van der Waals surface area (Å²) in [6, 6.07) is 0. The van der Waals surface area contributed by atoms with Crippen molar-refractivity contribution in [2.75, 3.05) is 19.6 Å². The van der Waals surface area contributed by atoms with Crippen molar-refractivity contribution in [3.05, 3.63) is 0 Å². The largest absolute Gasteiger partial charge is 0.303 e. The van der Waals surface area contributed by atoms with E-state index in [1.165, 1.54) is 0 Å². The molecule has 13 heavy (non-hydrogen) atoms. The normalized spacial score (nSPS) is 13.8. The van der Waals surface area contributed by atoms with Crippen molar-refractivity contribution in [1.29, 1.82) is 0 Å². The van der Waals surface area contributed by atoms with Crippen LogP contribution in [-0.2, 0) is 4.79 Å². The van der Waals surface area contributed by atoms with Crippen molar-refractivity contribution in [1.82, 2.24) is 4.90 Å². The number of rotatable bonds is 6. The van der Waals surface area contributed by atoms with Crippen LogP contribution in [0.4, 0.5) is 0 Å². The van der Waals surface area contributed by atoms with Crippen LogP contribution in [0.25, 0.3) is 0 Å². The first-order chi connectivity index (χ1) is 6.02. The molecule has 0 heterocycles. The van der Waals surface area contributed by atoms with E-state index >= 15 is 0 Å². The zero-order valence-corrected chi connectivity index (χ0v) is 9.63. The van der Waals surface area contributed by atoms with Crippen molar-refractivity contribution in [3.63, 3.8) is 0 Å². The molecule has 0 bridgehead atoms. The summed E-state index contributed by atoms with van der Waals surface area (Å²) in [6.07, 6.45) is 0. The Morgan fingerprint density at radius 1 is 1.23 bits per heavy atom. The van der Waals surface area contributed by atoms with Gasteiger partial charge in [-0.1, -0.05) is 27.7 Å². The average molecular weight is 185 g/mol. The maximum atomic E-state index is 11.3. The van der Waals surface area contributed by atoms with Gasteiger partial charge < -0.3 is 4.90 Å². The predicted molar refractivity (Wildman–Crippen MR) is 56.8 cm³/mol. The molecule has 1 unspecified atom stereocenters. The quantitative estimate of drug-likeness (QED) is 0.632. The van der Waals surface area contributed by atoms with Crippen LogP contribution >= 0.6 is 0 Å². The van der Waals surface area contributed by atoms with Crippen molar-refractivity contribution < 1.29 is 4.79 Å². The van der Waals surface area contributed by atoms with Gasteiger partial charge in [-0.3, -0.25) is 4.79 Å². The van der Waals surface area contributed by atoms with Crippen LogP contribution in [-0.4, -0.2) is 30.3 Å². The first-order valence-corrected chi connectivity index (χ1v) is 5.25. The van der Waals surface area contributed by atoms with Gasteiger partial charge in [0.1, 0.15) is 5.78 Å². The first-order valence-electron chi connectivity index (χ1n) is 5.25. The second kappa shape index (κ2) is 6.14. The Balaban J connectivity index is 4.16. The van der Waals surface area contributed by atoms with Gasteiger partial charge in [0.05, 0.1) is 0 Å². The second-order valence-electron chi connectivity index (χ2n) is 3.95. The fourth-order valence-corrected chi connectivity index (χ4v) is 1.57. The molecule has 0 amide bonds. The third-order valence-electron chi connectivity index (χ3n) is 2.68. The minimum Gasteiger partial charge on any atom is -0.303 e. The average Bonchev–Trinajstić information content (AvgIpc) is 2.05. The molecular formula is C11H23NO. The molecule has 0 saturated carbocycles. The Kier molecular flexibility index (Phi) is 5.97. The van der Waals surface area contributed by atoms with E-state index in [-0.39, 0.29) is 5.92 Å². The lowest BCUT2D eigenvalue weighted by atomic mass is 9.92. The van der Waals surface area contributed by atoms with Crippen molar-refractivity contribution >= 4 is 5.78 Å². The summed E-state index contributed by atoms with van der Waals surface area (Å²) in [5.41, 5.74) is 0. The van der Waals surface area contributed by atoms with E-state index in [1.54, 1.807) is 6.92 Å². The maximum Gasteiger partial charge on any atom is 0.134 e. The molecule has 0 aliphatic rings. The molecule has 0 aromatic rings. The summed E-state index contributed by atoms with van der Waals surface area (Å²) in [6.45, 7) is 13.2. The van der Waals surface area contributed by atoms with Gasteiger partial charge in [0.25, 0.3) is 0 Å². The zero-order valence-electron chi connectivity index (χ0n) is 9.63. The molecule has 0 aliphatic carbocycles. The topological polar surface area (TPSA) is 20.3 Å². The zero-order chi connectivity index (χ0) is 10.4. The molecule has 0 aromatic heterocycles. The highest BCUT2D eigenvalue weighted by molar-refractivity contribution is 5.78. The summed E-state index contributed by atoms with van der Waals surface area (Å²) >= 11 is 0. The molecule has 2 nitrogen and oxygen atoms in total. The first kappa shape index (κ1) is 12.6. The lowest BCUT2D eigenvalue weighted by molar-refractivity contribution is -0.122. The summed E-state index contributed by atoms with van der Waals surface area (Å²) in [7, 11) is 0. The fourth-order valence-electron chi connectivity index (χ4n) is 1.57. The molecule has 0 saturated heterocycles. The van der Waals surface area contributed by atoms with Gasteiger partial charge in [-0.15, -0.1) is 0 Å². The van der Waals surface area contributed by atoms with Gasteiger partial charge in [-0.2, -0.15) is 0 Å². The molecule has 78 valence electrons. The van der Waals surface area contributed by atoms with Crippen LogP contribution in [0, 0.1) is 11.8 Å². The molecule has 0 aliphatic heterocycles. The van der Waals surface area contributed by atoms with Crippen molar-refractivity contribution in [3.8, 4) is 0 Å². The summed E-state index contributed by atoms with van der Waals surface area (Å²) < 4.78 is 0. The number of hydrogen-bond acceptors (Lipinski definition) is 2. The minimum atomic E-state index is 0.208. The Hall–Kier alpha value is -0.370. The molecule has 0 radical (unpaired) electrons. The van der Waals surface area contributed by atoms with Gasteiger partial charge in [0.2, 0.25) is 0 Å². The third kappa shape index (κ3) is 4.41. The maximum absolute atomic E-state index is 11.3. The summed E-state index contributed by atoms with van der Waals surface area (Å²) in [5, 5.41) is 0. The smallest absolute Gasteiger partial charge is 0.134 e. The monoisotopic (exact) mass is 185 g/mol. The van der Waals surface area contributed by atoms with Crippen LogP contribution < -0.4 is 0 Å². The molecule has 0 rings (SSSR count). The Morgan fingerprint density at radius 3 is 1.92 bits per heavy atom. The van der Waals surface area contributed by atoms with Crippen LogP contribution in [0.1, 0.15) is 34.6 Å². The highest BCUT2D eigenvalue weighted by Crippen LogP contribution is 2.13. The lowest BCUT2D eigenvalue weighted by Gasteiger charge is -2.25. The van der Waals surface area contributed by atoms with E-state index in [2.05, 4.69) is 32.6 Å².